The molecule has 0 aliphatic carbocycles. The molecule has 1 unspecified atom stereocenters. The second-order valence-corrected chi connectivity index (χ2v) is 11.3. The van der Waals surface area contributed by atoms with Gasteiger partial charge in [-0.1, -0.05) is 80.8 Å². The van der Waals surface area contributed by atoms with E-state index in [1.807, 2.05) is 38.1 Å². The number of ether oxygens (including phenoxy) is 2. The van der Waals surface area contributed by atoms with Crippen LogP contribution >= 0.6 is 0 Å². The van der Waals surface area contributed by atoms with Crippen LogP contribution in [0, 0.1) is 33.6 Å². The highest BCUT2D eigenvalue weighted by Crippen LogP contribution is 2.34. The van der Waals surface area contributed by atoms with E-state index in [4.69, 9.17) is 24.4 Å². The second-order valence-electron chi connectivity index (χ2n) is 11.3. The Morgan fingerprint density at radius 2 is 1.30 bits per heavy atom. The van der Waals surface area contributed by atoms with Gasteiger partial charge in [-0.25, -0.2) is 15.0 Å². The van der Waals surface area contributed by atoms with Gasteiger partial charge in [0.2, 0.25) is 0 Å². The van der Waals surface area contributed by atoms with Crippen LogP contribution in [-0.2, 0) is 4.74 Å². The van der Waals surface area contributed by atoms with Crippen LogP contribution in [0.3, 0.4) is 0 Å². The number of aliphatic hydroxyl groups is 1. The fraction of sp³-hybridized carbons (Fsp3) is 0.389. The first kappa shape index (κ1) is 32.1. The fourth-order valence-electron chi connectivity index (χ4n) is 5.01. The molecule has 228 valence electrons. The average Bonchev–Trinajstić information content (AvgIpc) is 2.97. The van der Waals surface area contributed by atoms with E-state index in [1.54, 1.807) is 12.1 Å². The Morgan fingerprint density at radius 1 is 0.744 bits per heavy atom. The quantitative estimate of drug-likeness (QED) is 0.147. The van der Waals surface area contributed by atoms with Crippen LogP contribution < -0.4 is 4.74 Å². The molecule has 2 N–H and O–H groups in total. The summed E-state index contributed by atoms with van der Waals surface area (Å²) < 4.78 is 11.5. The first-order valence-electron chi connectivity index (χ1n) is 15.1. The number of phenols is 1. The summed E-state index contributed by atoms with van der Waals surface area (Å²) in [5.74, 6) is 3.21. The van der Waals surface area contributed by atoms with Gasteiger partial charge in [0.1, 0.15) is 24.2 Å². The van der Waals surface area contributed by atoms with Gasteiger partial charge < -0.3 is 19.7 Å². The molecule has 4 aromatic rings. The number of nitrogens with zero attached hydrogens (tertiary/aromatic N) is 3. The normalized spacial score (nSPS) is 12.1. The number of unbranched alkanes of at least 4 members (excludes halogenated alkanes) is 1. The van der Waals surface area contributed by atoms with Crippen LogP contribution in [0.4, 0.5) is 0 Å². The maximum absolute atomic E-state index is 11.0. The fourth-order valence-corrected chi connectivity index (χ4v) is 5.01. The van der Waals surface area contributed by atoms with E-state index in [1.165, 1.54) is 12.0 Å². The summed E-state index contributed by atoms with van der Waals surface area (Å²) >= 11 is 0. The van der Waals surface area contributed by atoms with Gasteiger partial charge in [0.05, 0.1) is 12.2 Å². The molecule has 1 aromatic heterocycles. The van der Waals surface area contributed by atoms with Crippen molar-refractivity contribution in [2.45, 2.75) is 73.3 Å². The minimum absolute atomic E-state index is 0.0225. The van der Waals surface area contributed by atoms with Crippen molar-refractivity contribution in [1.29, 1.82) is 0 Å². The number of benzene rings is 3. The van der Waals surface area contributed by atoms with Crippen molar-refractivity contribution in [1.82, 2.24) is 15.0 Å². The van der Waals surface area contributed by atoms with Gasteiger partial charge in [-0.05, 0) is 51.0 Å². The summed E-state index contributed by atoms with van der Waals surface area (Å²) in [6.07, 6.45) is 3.57. The number of hydrogen-bond donors (Lipinski definition) is 2. The molecule has 1 heterocycles. The monoisotopic (exact) mass is 582 g/mol. The molecule has 0 aliphatic rings. The molecule has 43 heavy (non-hydrogen) atoms. The van der Waals surface area contributed by atoms with Gasteiger partial charge in [-0.15, -0.1) is 0 Å². The number of aromatic nitrogens is 3. The first-order valence-corrected chi connectivity index (χ1v) is 15.1. The number of aromatic hydroxyl groups is 1. The molecule has 7 nitrogen and oxygen atoms in total. The third-order valence-corrected chi connectivity index (χ3v) is 7.53. The van der Waals surface area contributed by atoms with Crippen LogP contribution in [0.25, 0.3) is 34.2 Å². The maximum atomic E-state index is 11.0. The summed E-state index contributed by atoms with van der Waals surface area (Å²) in [4.78, 5) is 14.4. The van der Waals surface area contributed by atoms with Gasteiger partial charge in [-0.3, -0.25) is 5.92 Å². The van der Waals surface area contributed by atoms with Crippen LogP contribution in [0.5, 0.6) is 11.5 Å². The molecule has 0 radical (unpaired) electrons. The Labute approximate surface area is 256 Å². The van der Waals surface area contributed by atoms with Crippen molar-refractivity contribution in [3.05, 3.63) is 82.8 Å². The lowest BCUT2D eigenvalue weighted by Crippen LogP contribution is -2.24. The van der Waals surface area contributed by atoms with E-state index >= 15 is 0 Å². The number of hydrogen-bond acceptors (Lipinski definition) is 7. The molecule has 7 heteroatoms. The van der Waals surface area contributed by atoms with Gasteiger partial charge in [-0.2, -0.15) is 12.8 Å². The molecule has 0 saturated carbocycles. The highest BCUT2D eigenvalue weighted by Gasteiger charge is 2.17. The maximum Gasteiger partial charge on any atom is 0.167 e. The van der Waals surface area contributed by atoms with Gasteiger partial charge in [0.15, 0.2) is 17.5 Å². The van der Waals surface area contributed by atoms with E-state index in [9.17, 15) is 10.2 Å². The molecule has 0 aliphatic heterocycles. The van der Waals surface area contributed by atoms with Gasteiger partial charge in [0, 0.05) is 17.2 Å². The second kappa shape index (κ2) is 15.1. The lowest BCUT2D eigenvalue weighted by Gasteiger charge is -2.28. The molecule has 1 atom stereocenters. The predicted molar refractivity (Wildman–Crippen MR) is 172 cm³/mol. The van der Waals surface area contributed by atoms with Crippen molar-refractivity contribution < 1.29 is 19.7 Å². The Kier molecular flexibility index (Phi) is 11.3. The van der Waals surface area contributed by atoms with E-state index in [2.05, 4.69) is 39.8 Å². The van der Waals surface area contributed by atoms with Crippen LogP contribution in [-0.4, -0.2) is 51.1 Å². The van der Waals surface area contributed by atoms with Crippen LogP contribution in [0.15, 0.2) is 54.6 Å². The van der Waals surface area contributed by atoms with E-state index in [0.717, 1.165) is 59.1 Å². The van der Waals surface area contributed by atoms with Crippen molar-refractivity contribution in [2.24, 2.45) is 0 Å². The zero-order chi connectivity index (χ0) is 30.9. The number of aryl methyl sites for hydroxylation is 4. The summed E-state index contributed by atoms with van der Waals surface area (Å²) in [6.45, 7) is 13.3. The van der Waals surface area contributed by atoms with Crippen LogP contribution in [0.2, 0.25) is 0 Å². The topological polar surface area (TPSA) is 97.6 Å². The van der Waals surface area contributed by atoms with E-state index in [-0.39, 0.29) is 19.0 Å². The van der Waals surface area contributed by atoms with Crippen molar-refractivity contribution in [3.63, 3.8) is 0 Å². The highest BCUT2D eigenvalue weighted by molar-refractivity contribution is 5.72. The average molecular weight is 583 g/mol. The Morgan fingerprint density at radius 3 is 1.81 bits per heavy atom. The molecular formula is C36H44N3O4-. The third-order valence-electron chi connectivity index (χ3n) is 7.53. The van der Waals surface area contributed by atoms with Crippen molar-refractivity contribution >= 4 is 0 Å². The Hall–Kier alpha value is -3.81. The summed E-state index contributed by atoms with van der Waals surface area (Å²) in [7, 11) is 0. The molecular weight excluding hydrogens is 538 g/mol. The standard InChI is InChI=1S/C36H44N3O4/c1-7-9-10-27(8-2)20-42-21-28(40)22-43-29-13-16-32(33(41)19-29)36-38-34(30-14-11-23(3)17-25(30)5)37-35(39-36)31-15-12-24(4)18-26(31)6/h11-19,28,40-41H,7-10,20-22H2,1-6H3/q-1. The summed E-state index contributed by atoms with van der Waals surface area (Å²) in [5, 5.41) is 21.4. The molecule has 4 rings (SSSR count). The molecule has 3 aromatic carbocycles. The van der Waals surface area contributed by atoms with Crippen LogP contribution in [0.1, 0.15) is 61.8 Å². The molecule has 0 saturated heterocycles. The minimum Gasteiger partial charge on any atom is -0.507 e. The number of rotatable bonds is 14. The van der Waals surface area contributed by atoms with Gasteiger partial charge >= 0.3 is 0 Å². The minimum atomic E-state index is -0.782. The molecule has 0 spiro atoms. The largest absolute Gasteiger partial charge is 0.507 e. The number of phenolic OH excluding ortho intramolecular Hbond substituents is 1. The smallest absolute Gasteiger partial charge is 0.167 e. The predicted octanol–water partition coefficient (Wildman–Crippen LogP) is 7.74. The summed E-state index contributed by atoms with van der Waals surface area (Å²) in [6, 6.07) is 17.3. The molecule has 0 fully saturated rings. The first-order chi connectivity index (χ1) is 20.7. The lowest BCUT2D eigenvalue weighted by molar-refractivity contribution is 0.0142. The van der Waals surface area contributed by atoms with Crippen molar-refractivity contribution in [3.8, 4) is 45.7 Å². The van der Waals surface area contributed by atoms with Gasteiger partial charge in [0.25, 0.3) is 0 Å². The SMILES string of the molecule is CCCC[C-](CC)COCC(O)COc1ccc(-c2nc(-c3ccc(C)cc3C)nc(-c3ccc(C)cc3C)n2)c(O)c1. The van der Waals surface area contributed by atoms with E-state index in [0.29, 0.717) is 35.4 Å². The number of aliphatic hydroxyl groups excluding tert-OH is 1. The van der Waals surface area contributed by atoms with Crippen molar-refractivity contribution in [2.75, 3.05) is 19.8 Å². The third kappa shape index (κ3) is 8.62. The zero-order valence-corrected chi connectivity index (χ0v) is 26.3. The lowest BCUT2D eigenvalue weighted by atomic mass is 10.0. The summed E-state index contributed by atoms with van der Waals surface area (Å²) in [5.41, 5.74) is 6.71. The Bertz CT molecular complexity index is 1450. The molecule has 0 amide bonds. The van der Waals surface area contributed by atoms with E-state index < -0.39 is 6.10 Å². The molecule has 0 bridgehead atoms. The Balaban J connectivity index is 1.55. The zero-order valence-electron chi connectivity index (χ0n) is 26.3. The highest BCUT2D eigenvalue weighted by atomic mass is 16.5.